The van der Waals surface area contributed by atoms with Crippen LogP contribution in [0.1, 0.15) is 24.9 Å². The van der Waals surface area contributed by atoms with Crippen molar-refractivity contribution in [2.75, 3.05) is 11.5 Å². The minimum absolute atomic E-state index is 0.133. The molecule has 2 rings (SSSR count). The monoisotopic (exact) mass is 229 g/mol. The van der Waals surface area contributed by atoms with Crippen molar-refractivity contribution in [2.24, 2.45) is 0 Å². The Labute approximate surface area is 89.6 Å². The maximum Gasteiger partial charge on any atom is 0.152 e. The van der Waals surface area contributed by atoms with Crippen LogP contribution in [0.2, 0.25) is 0 Å². The van der Waals surface area contributed by atoms with E-state index in [1.807, 2.05) is 13.0 Å². The zero-order valence-electron chi connectivity index (χ0n) is 8.64. The SMILES string of the molecule is CC1CCS(=O)(=O)CC(c2ccoc2)N1. The van der Waals surface area contributed by atoms with Gasteiger partial charge in [0, 0.05) is 17.6 Å². The molecule has 84 valence electrons. The molecule has 0 aromatic carbocycles. The van der Waals surface area contributed by atoms with Gasteiger partial charge in [0.15, 0.2) is 9.84 Å². The zero-order chi connectivity index (χ0) is 10.9. The van der Waals surface area contributed by atoms with Crippen LogP contribution in [0.4, 0.5) is 0 Å². The summed E-state index contributed by atoms with van der Waals surface area (Å²) in [6.07, 6.45) is 3.85. The molecule has 0 bridgehead atoms. The van der Waals surface area contributed by atoms with Crippen LogP contribution in [-0.2, 0) is 9.84 Å². The number of hydrogen-bond donors (Lipinski definition) is 1. The van der Waals surface area contributed by atoms with E-state index in [1.54, 1.807) is 12.5 Å². The van der Waals surface area contributed by atoms with Gasteiger partial charge in [0.2, 0.25) is 0 Å². The molecule has 0 aliphatic carbocycles. The number of hydrogen-bond acceptors (Lipinski definition) is 4. The molecule has 1 N–H and O–H groups in total. The van der Waals surface area contributed by atoms with Gasteiger partial charge in [-0.15, -0.1) is 0 Å². The van der Waals surface area contributed by atoms with E-state index < -0.39 is 9.84 Å². The molecule has 2 unspecified atom stereocenters. The highest BCUT2D eigenvalue weighted by molar-refractivity contribution is 7.91. The Morgan fingerprint density at radius 2 is 2.33 bits per heavy atom. The number of rotatable bonds is 1. The standard InChI is InChI=1S/C10H15NO3S/c1-8-3-5-15(12,13)7-10(11-8)9-2-4-14-6-9/h2,4,6,8,10-11H,3,5,7H2,1H3. The van der Waals surface area contributed by atoms with Crippen molar-refractivity contribution < 1.29 is 12.8 Å². The lowest BCUT2D eigenvalue weighted by Gasteiger charge is -2.17. The fraction of sp³-hybridized carbons (Fsp3) is 0.600. The van der Waals surface area contributed by atoms with Crippen LogP contribution in [0.15, 0.2) is 23.0 Å². The molecule has 2 atom stereocenters. The summed E-state index contributed by atoms with van der Waals surface area (Å²) in [5.41, 5.74) is 0.910. The fourth-order valence-electron chi connectivity index (χ4n) is 1.83. The molecule has 1 saturated heterocycles. The first-order chi connectivity index (χ1) is 7.07. The molecule has 0 spiro atoms. The quantitative estimate of drug-likeness (QED) is 0.784. The van der Waals surface area contributed by atoms with E-state index in [9.17, 15) is 8.42 Å². The highest BCUT2D eigenvalue weighted by Gasteiger charge is 2.27. The average Bonchev–Trinajstić information content (AvgIpc) is 2.62. The van der Waals surface area contributed by atoms with Crippen molar-refractivity contribution in [3.8, 4) is 0 Å². The normalized spacial score (nSPS) is 31.0. The van der Waals surface area contributed by atoms with Gasteiger partial charge in [-0.1, -0.05) is 0 Å². The Balaban J connectivity index is 2.24. The Kier molecular flexibility index (Phi) is 2.84. The second-order valence-electron chi connectivity index (χ2n) is 4.08. The lowest BCUT2D eigenvalue weighted by molar-refractivity contribution is 0.478. The van der Waals surface area contributed by atoms with E-state index in [0.717, 1.165) is 5.56 Å². The zero-order valence-corrected chi connectivity index (χ0v) is 9.46. The molecular formula is C10H15NO3S. The maximum atomic E-state index is 11.7. The van der Waals surface area contributed by atoms with Gasteiger partial charge in [-0.05, 0) is 19.4 Å². The highest BCUT2D eigenvalue weighted by atomic mass is 32.2. The molecule has 15 heavy (non-hydrogen) atoms. The first kappa shape index (κ1) is 10.7. The number of sulfone groups is 1. The first-order valence-corrected chi connectivity index (χ1v) is 6.87. The van der Waals surface area contributed by atoms with Gasteiger partial charge >= 0.3 is 0 Å². The van der Waals surface area contributed by atoms with Crippen LogP contribution in [0, 0.1) is 0 Å². The molecule has 1 aromatic heterocycles. The van der Waals surface area contributed by atoms with Crippen molar-refractivity contribution >= 4 is 9.84 Å². The van der Waals surface area contributed by atoms with E-state index in [4.69, 9.17) is 4.42 Å². The van der Waals surface area contributed by atoms with E-state index in [0.29, 0.717) is 6.42 Å². The summed E-state index contributed by atoms with van der Waals surface area (Å²) in [6.45, 7) is 2.01. The van der Waals surface area contributed by atoms with Crippen LogP contribution >= 0.6 is 0 Å². The predicted molar refractivity (Wildman–Crippen MR) is 57.3 cm³/mol. The minimum atomic E-state index is -2.93. The van der Waals surface area contributed by atoms with E-state index >= 15 is 0 Å². The lowest BCUT2D eigenvalue weighted by Crippen LogP contribution is -2.30. The second-order valence-corrected chi connectivity index (χ2v) is 6.31. The Morgan fingerprint density at radius 3 is 3.00 bits per heavy atom. The lowest BCUT2D eigenvalue weighted by atomic mass is 10.1. The van der Waals surface area contributed by atoms with Crippen LogP contribution in [0.25, 0.3) is 0 Å². The van der Waals surface area contributed by atoms with Crippen molar-refractivity contribution in [3.63, 3.8) is 0 Å². The highest BCUT2D eigenvalue weighted by Crippen LogP contribution is 2.20. The van der Waals surface area contributed by atoms with Crippen molar-refractivity contribution in [1.82, 2.24) is 5.32 Å². The summed E-state index contributed by atoms with van der Waals surface area (Å²) in [4.78, 5) is 0. The summed E-state index contributed by atoms with van der Waals surface area (Å²) in [6, 6.07) is 1.90. The third-order valence-corrected chi connectivity index (χ3v) is 4.41. The van der Waals surface area contributed by atoms with Gasteiger partial charge in [0.25, 0.3) is 0 Å². The third kappa shape index (κ3) is 2.60. The van der Waals surface area contributed by atoms with Gasteiger partial charge < -0.3 is 9.73 Å². The Morgan fingerprint density at radius 1 is 1.53 bits per heavy atom. The molecule has 2 heterocycles. The van der Waals surface area contributed by atoms with E-state index in [-0.39, 0.29) is 23.6 Å². The van der Waals surface area contributed by atoms with Gasteiger partial charge in [-0.25, -0.2) is 8.42 Å². The first-order valence-electron chi connectivity index (χ1n) is 5.05. The molecule has 5 heteroatoms. The summed E-state index contributed by atoms with van der Waals surface area (Å²) in [7, 11) is -2.93. The summed E-state index contributed by atoms with van der Waals surface area (Å²) < 4.78 is 28.3. The number of furan rings is 1. The molecule has 0 saturated carbocycles. The molecule has 4 nitrogen and oxygen atoms in total. The Hall–Kier alpha value is -0.810. The second kappa shape index (κ2) is 3.98. The van der Waals surface area contributed by atoms with Crippen molar-refractivity contribution in [3.05, 3.63) is 24.2 Å². The van der Waals surface area contributed by atoms with Crippen LogP contribution in [-0.4, -0.2) is 26.0 Å². The molecule has 1 fully saturated rings. The van der Waals surface area contributed by atoms with Gasteiger partial charge in [-0.2, -0.15) is 0 Å². The summed E-state index contributed by atoms with van der Waals surface area (Å²) in [5.74, 6) is 0.437. The average molecular weight is 229 g/mol. The molecule has 1 aromatic rings. The van der Waals surface area contributed by atoms with E-state index in [2.05, 4.69) is 5.32 Å². The molecule has 0 amide bonds. The van der Waals surface area contributed by atoms with E-state index in [1.165, 1.54) is 0 Å². The van der Waals surface area contributed by atoms with Crippen LogP contribution < -0.4 is 5.32 Å². The van der Waals surface area contributed by atoms with Gasteiger partial charge in [-0.3, -0.25) is 0 Å². The fourth-order valence-corrected chi connectivity index (χ4v) is 3.51. The van der Waals surface area contributed by atoms with Crippen LogP contribution in [0.5, 0.6) is 0 Å². The Bertz CT molecular complexity index is 410. The van der Waals surface area contributed by atoms with Crippen molar-refractivity contribution in [2.45, 2.75) is 25.4 Å². The van der Waals surface area contributed by atoms with Gasteiger partial charge in [0.1, 0.15) is 0 Å². The van der Waals surface area contributed by atoms with Crippen LogP contribution in [0.3, 0.4) is 0 Å². The largest absolute Gasteiger partial charge is 0.472 e. The maximum absolute atomic E-state index is 11.7. The molecule has 0 radical (unpaired) electrons. The van der Waals surface area contributed by atoms with Crippen molar-refractivity contribution in [1.29, 1.82) is 0 Å². The smallest absolute Gasteiger partial charge is 0.152 e. The summed E-state index contributed by atoms with van der Waals surface area (Å²) >= 11 is 0. The molecule has 1 aliphatic heterocycles. The predicted octanol–water partition coefficient (Wildman–Crippen LogP) is 1.12. The van der Waals surface area contributed by atoms with Gasteiger partial charge in [0.05, 0.1) is 24.0 Å². The third-order valence-electron chi connectivity index (χ3n) is 2.71. The number of nitrogens with one attached hydrogen (secondary N) is 1. The summed E-state index contributed by atoms with van der Waals surface area (Å²) in [5, 5.41) is 3.30. The molecule has 1 aliphatic rings. The topological polar surface area (TPSA) is 59.3 Å². The minimum Gasteiger partial charge on any atom is -0.472 e. The molecular weight excluding hydrogens is 214 g/mol.